The summed E-state index contributed by atoms with van der Waals surface area (Å²) in [6.07, 6.45) is 0. The van der Waals surface area contributed by atoms with Crippen LogP contribution >= 0.6 is 24.4 Å². The molecule has 1 fully saturated rings. The summed E-state index contributed by atoms with van der Waals surface area (Å²) in [5.41, 5.74) is 0.548. The third kappa shape index (κ3) is 2.66. The van der Waals surface area contributed by atoms with Crippen LogP contribution in [0, 0.1) is 0 Å². The second kappa shape index (κ2) is 5.75. The number of phenolic OH excluding ortho intramolecular Hbond substituents is 1. The summed E-state index contributed by atoms with van der Waals surface area (Å²) in [7, 11) is 0. The molecule has 1 aromatic carbocycles. The smallest absolute Gasteiger partial charge is 0.327 e. The van der Waals surface area contributed by atoms with Crippen LogP contribution in [0.1, 0.15) is 10.9 Å². The lowest BCUT2D eigenvalue weighted by molar-refractivity contribution is -0.148. The average Bonchev–Trinajstić information content (AvgIpc) is 2.83. The van der Waals surface area contributed by atoms with E-state index in [1.54, 1.807) is 18.2 Å². The predicted molar refractivity (Wildman–Crippen MR) is 75.4 cm³/mol. The second-order valence-electron chi connectivity index (χ2n) is 4.06. The van der Waals surface area contributed by atoms with Crippen molar-refractivity contribution in [3.8, 4) is 5.75 Å². The lowest BCUT2D eigenvalue weighted by atomic mass is 10.1. The van der Waals surface area contributed by atoms with E-state index >= 15 is 0 Å². The number of phenols is 1. The maximum Gasteiger partial charge on any atom is 0.327 e. The van der Waals surface area contributed by atoms with Crippen LogP contribution in [0.15, 0.2) is 24.3 Å². The molecular weight excluding hydrogens is 286 g/mol. The van der Waals surface area contributed by atoms with Gasteiger partial charge < -0.3 is 15.1 Å². The van der Waals surface area contributed by atoms with Gasteiger partial charge in [-0.3, -0.25) is 4.79 Å². The number of rotatable bonds is 3. The van der Waals surface area contributed by atoms with Crippen molar-refractivity contribution in [2.45, 2.75) is 11.4 Å². The lowest BCUT2D eigenvalue weighted by Crippen LogP contribution is -2.43. The molecule has 0 aliphatic carbocycles. The topological polar surface area (TPSA) is 77.8 Å². The second-order valence-corrected chi connectivity index (χ2v) is 5.49. The molecule has 0 spiro atoms. The molecule has 0 radical (unpaired) electrons. The number of nitrogens with zero attached hydrogens (tertiary/aromatic N) is 1. The first-order chi connectivity index (χ1) is 9.06. The van der Waals surface area contributed by atoms with Gasteiger partial charge in [0.2, 0.25) is 5.91 Å². The van der Waals surface area contributed by atoms with E-state index in [0.29, 0.717) is 11.3 Å². The van der Waals surface area contributed by atoms with Gasteiger partial charge >= 0.3 is 5.97 Å². The van der Waals surface area contributed by atoms with Crippen molar-refractivity contribution in [3.05, 3.63) is 29.8 Å². The minimum absolute atomic E-state index is 0.0583. The molecule has 1 heterocycles. The van der Waals surface area contributed by atoms with Crippen LogP contribution in [0.3, 0.4) is 0 Å². The van der Waals surface area contributed by atoms with Crippen molar-refractivity contribution in [2.75, 3.05) is 11.5 Å². The molecule has 2 rings (SSSR count). The van der Waals surface area contributed by atoms with E-state index in [0.717, 1.165) is 0 Å². The molecule has 0 aromatic heterocycles. The summed E-state index contributed by atoms with van der Waals surface area (Å²) in [5, 5.41) is 18.5. The van der Waals surface area contributed by atoms with E-state index in [1.165, 1.54) is 22.7 Å². The molecule has 0 bridgehead atoms. The Morgan fingerprint density at radius 1 is 1.42 bits per heavy atom. The number of carbonyl (C=O) groups is 2. The first-order valence-electron chi connectivity index (χ1n) is 5.60. The Kier molecular flexibility index (Phi) is 4.26. The first-order valence-corrected chi connectivity index (χ1v) is 7.28. The van der Waals surface area contributed by atoms with E-state index in [4.69, 9.17) is 5.11 Å². The van der Waals surface area contributed by atoms with Crippen LogP contribution in [0.2, 0.25) is 0 Å². The summed E-state index contributed by atoms with van der Waals surface area (Å²) in [4.78, 5) is 24.4. The molecule has 5 nitrogen and oxygen atoms in total. The van der Waals surface area contributed by atoms with Gasteiger partial charge in [-0.15, -0.1) is 11.8 Å². The highest BCUT2D eigenvalue weighted by Crippen LogP contribution is 2.44. The quantitative estimate of drug-likeness (QED) is 0.734. The summed E-state index contributed by atoms with van der Waals surface area (Å²) in [5.74, 6) is -1.10. The fraction of sp³-hybridized carbons (Fsp3) is 0.333. The van der Waals surface area contributed by atoms with E-state index in [-0.39, 0.29) is 17.4 Å². The van der Waals surface area contributed by atoms with Crippen molar-refractivity contribution in [1.82, 2.24) is 4.90 Å². The number of para-hydroxylation sites is 1. The maximum absolute atomic E-state index is 11.9. The third-order valence-electron chi connectivity index (χ3n) is 2.91. The zero-order valence-corrected chi connectivity index (χ0v) is 11.6. The van der Waals surface area contributed by atoms with Gasteiger partial charge in [-0.1, -0.05) is 18.2 Å². The number of hydrogen-bond donors (Lipinski definition) is 3. The molecule has 1 aliphatic heterocycles. The number of amides is 1. The maximum atomic E-state index is 11.9. The largest absolute Gasteiger partial charge is 0.508 e. The van der Waals surface area contributed by atoms with Crippen LogP contribution in [0.4, 0.5) is 0 Å². The van der Waals surface area contributed by atoms with Crippen LogP contribution in [-0.2, 0) is 9.59 Å². The summed E-state index contributed by atoms with van der Waals surface area (Å²) in [6.45, 7) is 0. The fourth-order valence-electron chi connectivity index (χ4n) is 2.02. The van der Waals surface area contributed by atoms with E-state index < -0.39 is 17.4 Å². The van der Waals surface area contributed by atoms with Crippen molar-refractivity contribution in [1.29, 1.82) is 0 Å². The number of hydrogen-bond acceptors (Lipinski definition) is 5. The molecule has 2 atom stereocenters. The highest BCUT2D eigenvalue weighted by Gasteiger charge is 2.42. The molecule has 2 N–H and O–H groups in total. The number of carboxylic acids is 1. The summed E-state index contributed by atoms with van der Waals surface area (Å²) >= 11 is 5.25. The predicted octanol–water partition coefficient (Wildman–Crippen LogP) is 1.35. The number of carboxylic acid groups (broad SMARTS) is 1. The molecular formula is C12H13NO4S2. The molecule has 102 valence electrons. The Bertz CT molecular complexity index is 508. The van der Waals surface area contributed by atoms with Crippen LogP contribution in [-0.4, -0.2) is 44.5 Å². The van der Waals surface area contributed by atoms with Gasteiger partial charge in [0.25, 0.3) is 0 Å². The van der Waals surface area contributed by atoms with E-state index in [1.807, 2.05) is 0 Å². The Labute approximate surface area is 120 Å². The minimum Gasteiger partial charge on any atom is -0.508 e. The summed E-state index contributed by atoms with van der Waals surface area (Å²) in [6, 6.07) is 5.75. The number of benzene rings is 1. The van der Waals surface area contributed by atoms with Crippen LogP contribution in [0.25, 0.3) is 0 Å². The van der Waals surface area contributed by atoms with Crippen molar-refractivity contribution < 1.29 is 19.8 Å². The first kappa shape index (κ1) is 14.1. The van der Waals surface area contributed by atoms with Gasteiger partial charge in [0.15, 0.2) is 0 Å². The zero-order chi connectivity index (χ0) is 14.0. The number of carbonyl (C=O) groups excluding carboxylic acids is 1. The number of thiol groups is 1. The molecule has 7 heteroatoms. The Morgan fingerprint density at radius 3 is 2.68 bits per heavy atom. The molecule has 19 heavy (non-hydrogen) atoms. The van der Waals surface area contributed by atoms with E-state index in [9.17, 15) is 14.7 Å². The number of thioether (sulfide) groups is 1. The SMILES string of the molecule is O=C(O)[C@@H]1CSC(c2ccccc2O)N1C(=O)CS. The zero-order valence-electron chi connectivity index (χ0n) is 9.89. The average molecular weight is 299 g/mol. The Morgan fingerprint density at radius 2 is 2.11 bits per heavy atom. The Hall–Kier alpha value is -1.34. The molecule has 1 saturated heterocycles. The van der Waals surface area contributed by atoms with Gasteiger partial charge in [-0.05, 0) is 6.07 Å². The normalized spacial score (nSPS) is 22.5. The molecule has 1 unspecified atom stereocenters. The van der Waals surface area contributed by atoms with Crippen molar-refractivity contribution in [3.63, 3.8) is 0 Å². The lowest BCUT2D eigenvalue weighted by Gasteiger charge is -2.27. The molecule has 0 saturated carbocycles. The number of aliphatic carboxylic acids is 1. The number of aromatic hydroxyl groups is 1. The Balaban J connectivity index is 2.37. The molecule has 1 amide bonds. The summed E-state index contributed by atoms with van der Waals surface area (Å²) < 4.78 is 0. The minimum atomic E-state index is -1.04. The third-order valence-corrected chi connectivity index (χ3v) is 4.49. The van der Waals surface area contributed by atoms with Crippen LogP contribution in [0.5, 0.6) is 5.75 Å². The highest BCUT2D eigenvalue weighted by atomic mass is 32.2. The fourth-order valence-corrected chi connectivity index (χ4v) is 3.65. The van der Waals surface area contributed by atoms with Gasteiger partial charge in [0, 0.05) is 11.3 Å². The highest BCUT2D eigenvalue weighted by molar-refractivity contribution is 7.99. The van der Waals surface area contributed by atoms with Crippen molar-refractivity contribution in [2.24, 2.45) is 0 Å². The van der Waals surface area contributed by atoms with Gasteiger partial charge in [0.05, 0.1) is 5.75 Å². The van der Waals surface area contributed by atoms with Gasteiger partial charge in [0.1, 0.15) is 17.2 Å². The van der Waals surface area contributed by atoms with Crippen molar-refractivity contribution >= 4 is 36.3 Å². The molecule has 1 aliphatic rings. The monoisotopic (exact) mass is 299 g/mol. The van der Waals surface area contributed by atoms with E-state index in [2.05, 4.69) is 12.6 Å². The van der Waals surface area contributed by atoms with Gasteiger partial charge in [-0.25, -0.2) is 4.79 Å². The standard InChI is InChI=1S/C12H13NO4S2/c14-9-4-2-1-3-7(9)11-13(10(15)5-18)8(6-19-11)12(16)17/h1-4,8,11,14,18H,5-6H2,(H,16,17)/t8-,11?/m0/s1. The van der Waals surface area contributed by atoms with Gasteiger partial charge in [-0.2, -0.15) is 12.6 Å². The van der Waals surface area contributed by atoms with Crippen LogP contribution < -0.4 is 0 Å². The molecule has 1 aromatic rings.